The number of hydrogen-bond donors (Lipinski definition) is 1. The molecule has 156 valence electrons. The predicted octanol–water partition coefficient (Wildman–Crippen LogP) is 3.87. The molecule has 2 rings (SSSR count). The quantitative estimate of drug-likeness (QED) is 0.427. The minimum atomic E-state index is -1.13. The Morgan fingerprint density at radius 2 is 1.76 bits per heavy atom. The number of halogens is 2. The number of amides is 2. The second-order valence-electron chi connectivity index (χ2n) is 6.10. The molecule has 0 fully saturated rings. The average Bonchev–Trinajstić information content (AvgIpc) is 2.73. The van der Waals surface area contributed by atoms with E-state index in [4.69, 9.17) is 32.7 Å². The van der Waals surface area contributed by atoms with Gasteiger partial charge in [-0.3, -0.25) is 9.59 Å². The molecule has 1 N–H and O–H groups in total. The number of nitrogens with zero attached hydrogens (tertiary/aromatic N) is 1. The van der Waals surface area contributed by atoms with Gasteiger partial charge >= 0.3 is 0 Å². The number of hydrogen-bond acceptors (Lipinski definition) is 4. The van der Waals surface area contributed by atoms with Crippen LogP contribution in [0.4, 0.5) is 5.69 Å². The van der Waals surface area contributed by atoms with Crippen molar-refractivity contribution in [3.8, 4) is 5.75 Å². The maximum Gasteiger partial charge on any atom is 0.262 e. The first-order valence-corrected chi connectivity index (χ1v) is 10.1. The van der Waals surface area contributed by atoms with Gasteiger partial charge in [-0.05, 0) is 36.8 Å². The molecule has 0 aromatic heterocycles. The van der Waals surface area contributed by atoms with Crippen LogP contribution in [0.2, 0.25) is 0 Å². The van der Waals surface area contributed by atoms with Crippen molar-refractivity contribution in [1.29, 1.82) is 0 Å². The molecule has 0 aliphatic heterocycles. The Morgan fingerprint density at radius 3 is 2.38 bits per heavy atom. The van der Waals surface area contributed by atoms with Crippen LogP contribution in [0.25, 0.3) is 0 Å². The van der Waals surface area contributed by atoms with E-state index in [0.29, 0.717) is 37.7 Å². The molecular weight excluding hydrogens is 415 g/mol. The Balaban J connectivity index is 1.88. The zero-order valence-electron chi connectivity index (χ0n) is 16.1. The summed E-state index contributed by atoms with van der Waals surface area (Å²) in [7, 11) is 0. The van der Waals surface area contributed by atoms with Gasteiger partial charge in [0.25, 0.3) is 11.8 Å². The summed E-state index contributed by atoms with van der Waals surface area (Å²) in [5.41, 5.74) is 1.51. The Morgan fingerprint density at radius 1 is 1.07 bits per heavy atom. The van der Waals surface area contributed by atoms with E-state index < -0.39 is 4.84 Å². The van der Waals surface area contributed by atoms with Crippen molar-refractivity contribution in [2.24, 2.45) is 0 Å². The Kier molecular flexibility index (Phi) is 9.77. The number of carbonyl (C=O) groups excluding carboxylic acids is 2. The molecule has 0 saturated heterocycles. The standard InChI is InChI=1S/C21H24Cl2N2O4/c1-2-28-13-12-25(21(27)20(22)23)14-16-8-10-17(11-9-16)24-19(26)15-29-18-6-4-3-5-7-18/h3-11,20H,2,12-15H2,1H3,(H,24,26). The van der Waals surface area contributed by atoms with Gasteiger partial charge in [0.15, 0.2) is 11.4 Å². The monoisotopic (exact) mass is 438 g/mol. The fourth-order valence-electron chi connectivity index (χ4n) is 2.50. The van der Waals surface area contributed by atoms with Crippen LogP contribution in [-0.4, -0.2) is 47.9 Å². The summed E-state index contributed by atoms with van der Waals surface area (Å²) in [4.78, 5) is 24.6. The lowest BCUT2D eigenvalue weighted by atomic mass is 10.2. The second-order valence-corrected chi connectivity index (χ2v) is 7.20. The van der Waals surface area contributed by atoms with E-state index in [9.17, 15) is 9.59 Å². The van der Waals surface area contributed by atoms with Crippen LogP contribution in [0, 0.1) is 0 Å². The zero-order valence-corrected chi connectivity index (χ0v) is 17.7. The third-order valence-electron chi connectivity index (χ3n) is 3.93. The molecule has 0 bridgehead atoms. The van der Waals surface area contributed by atoms with Crippen molar-refractivity contribution in [3.05, 3.63) is 60.2 Å². The van der Waals surface area contributed by atoms with E-state index in [1.54, 1.807) is 29.2 Å². The van der Waals surface area contributed by atoms with Crippen LogP contribution in [0.15, 0.2) is 54.6 Å². The Labute approximate surface area is 180 Å². The summed E-state index contributed by atoms with van der Waals surface area (Å²) in [6, 6.07) is 16.3. The van der Waals surface area contributed by atoms with Crippen LogP contribution >= 0.6 is 23.2 Å². The maximum absolute atomic E-state index is 12.2. The third-order valence-corrected chi connectivity index (χ3v) is 4.31. The van der Waals surface area contributed by atoms with E-state index in [2.05, 4.69) is 5.32 Å². The molecule has 0 heterocycles. The number of alkyl halides is 2. The first-order valence-electron chi connectivity index (χ1n) is 9.21. The summed E-state index contributed by atoms with van der Waals surface area (Å²) in [6.07, 6.45) is 0. The summed E-state index contributed by atoms with van der Waals surface area (Å²) < 4.78 is 10.7. The molecule has 2 amide bonds. The number of ether oxygens (including phenoxy) is 2. The molecule has 2 aromatic carbocycles. The molecule has 0 atom stereocenters. The molecule has 2 aromatic rings. The van der Waals surface area contributed by atoms with E-state index in [-0.39, 0.29) is 18.4 Å². The van der Waals surface area contributed by atoms with Gasteiger partial charge in [0, 0.05) is 25.4 Å². The van der Waals surface area contributed by atoms with E-state index in [1.807, 2.05) is 37.3 Å². The molecule has 6 nitrogen and oxygen atoms in total. The van der Waals surface area contributed by atoms with Gasteiger partial charge in [-0.25, -0.2) is 0 Å². The largest absolute Gasteiger partial charge is 0.484 e. The number of anilines is 1. The second kappa shape index (κ2) is 12.3. The lowest BCUT2D eigenvalue weighted by Crippen LogP contribution is -2.37. The van der Waals surface area contributed by atoms with Gasteiger partial charge in [0.1, 0.15) is 5.75 Å². The highest BCUT2D eigenvalue weighted by atomic mass is 35.5. The predicted molar refractivity (Wildman–Crippen MR) is 114 cm³/mol. The summed E-state index contributed by atoms with van der Waals surface area (Å²) in [5.74, 6) is -0.00239. The maximum atomic E-state index is 12.2. The van der Waals surface area contributed by atoms with E-state index in [0.717, 1.165) is 5.56 Å². The van der Waals surface area contributed by atoms with Crippen molar-refractivity contribution >= 4 is 40.7 Å². The highest BCUT2D eigenvalue weighted by Crippen LogP contribution is 2.15. The topological polar surface area (TPSA) is 67.9 Å². The van der Waals surface area contributed by atoms with Gasteiger partial charge in [0.2, 0.25) is 0 Å². The average molecular weight is 439 g/mol. The number of nitrogens with one attached hydrogen (secondary N) is 1. The van der Waals surface area contributed by atoms with Gasteiger partial charge in [-0.1, -0.05) is 53.5 Å². The van der Waals surface area contributed by atoms with Gasteiger partial charge < -0.3 is 19.7 Å². The number of para-hydroxylation sites is 1. The molecule has 8 heteroatoms. The molecule has 0 aliphatic carbocycles. The molecule has 0 unspecified atom stereocenters. The molecule has 0 radical (unpaired) electrons. The Hall–Kier alpha value is -2.28. The number of rotatable bonds is 11. The lowest BCUT2D eigenvalue weighted by Gasteiger charge is -2.23. The zero-order chi connectivity index (χ0) is 21.1. The van der Waals surface area contributed by atoms with Crippen LogP contribution in [0.1, 0.15) is 12.5 Å². The van der Waals surface area contributed by atoms with Gasteiger partial charge in [0.05, 0.1) is 6.61 Å². The molecule has 0 aliphatic rings. The first-order chi connectivity index (χ1) is 14.0. The fraction of sp³-hybridized carbons (Fsp3) is 0.333. The summed E-state index contributed by atoms with van der Waals surface area (Å²) >= 11 is 11.5. The lowest BCUT2D eigenvalue weighted by molar-refractivity contribution is -0.130. The van der Waals surface area contributed by atoms with Crippen molar-refractivity contribution in [2.75, 3.05) is 31.7 Å². The van der Waals surface area contributed by atoms with Gasteiger partial charge in [-0.15, -0.1) is 0 Å². The fourth-order valence-corrected chi connectivity index (χ4v) is 2.78. The normalized spacial score (nSPS) is 10.6. The van der Waals surface area contributed by atoms with Crippen molar-refractivity contribution < 1.29 is 19.1 Å². The smallest absolute Gasteiger partial charge is 0.262 e. The SMILES string of the molecule is CCOCCN(Cc1ccc(NC(=O)COc2ccccc2)cc1)C(=O)C(Cl)Cl. The van der Waals surface area contributed by atoms with Crippen LogP contribution in [0.3, 0.4) is 0 Å². The van der Waals surface area contributed by atoms with Crippen LogP contribution < -0.4 is 10.1 Å². The molecular formula is C21H24Cl2N2O4. The van der Waals surface area contributed by atoms with Crippen LogP contribution in [-0.2, 0) is 20.9 Å². The minimum Gasteiger partial charge on any atom is -0.484 e. The highest BCUT2D eigenvalue weighted by Gasteiger charge is 2.20. The number of carbonyl (C=O) groups is 2. The minimum absolute atomic E-state index is 0.0850. The number of benzene rings is 2. The molecule has 29 heavy (non-hydrogen) atoms. The van der Waals surface area contributed by atoms with E-state index >= 15 is 0 Å². The van der Waals surface area contributed by atoms with E-state index in [1.165, 1.54) is 0 Å². The first kappa shape index (κ1) is 23.0. The van der Waals surface area contributed by atoms with Crippen molar-refractivity contribution in [1.82, 2.24) is 4.90 Å². The molecule has 0 spiro atoms. The third kappa shape index (κ3) is 8.31. The summed E-state index contributed by atoms with van der Waals surface area (Å²) in [5, 5.41) is 2.77. The summed E-state index contributed by atoms with van der Waals surface area (Å²) in [6.45, 7) is 3.49. The van der Waals surface area contributed by atoms with Gasteiger partial charge in [-0.2, -0.15) is 0 Å². The molecule has 0 saturated carbocycles. The van der Waals surface area contributed by atoms with Crippen LogP contribution in [0.5, 0.6) is 5.75 Å². The Bertz CT molecular complexity index is 770. The van der Waals surface area contributed by atoms with Crippen molar-refractivity contribution in [3.63, 3.8) is 0 Å². The highest BCUT2D eigenvalue weighted by molar-refractivity contribution is 6.53. The van der Waals surface area contributed by atoms with Crippen molar-refractivity contribution in [2.45, 2.75) is 18.3 Å².